The van der Waals surface area contributed by atoms with Crippen molar-refractivity contribution in [2.75, 3.05) is 5.32 Å². The smallest absolute Gasteiger partial charge is 0.281 e. The Kier molecular flexibility index (Phi) is 14.2. The largest absolute Gasteiger partial charge is 0.390 e. The van der Waals surface area contributed by atoms with E-state index in [2.05, 4.69) is 72.6 Å². The number of tetrazole rings is 1. The summed E-state index contributed by atoms with van der Waals surface area (Å²) in [4.78, 5) is 20.9. The van der Waals surface area contributed by atoms with Crippen LogP contribution >= 0.6 is 0 Å². The van der Waals surface area contributed by atoms with Gasteiger partial charge in [0.2, 0.25) is 11.5 Å². The number of benzene rings is 2. The van der Waals surface area contributed by atoms with Crippen LogP contribution < -0.4 is 5.32 Å². The van der Waals surface area contributed by atoms with Gasteiger partial charge in [0.05, 0.1) is 6.54 Å². The first-order valence-electron chi connectivity index (χ1n) is 15.9. The molecule has 0 atom stereocenters. The van der Waals surface area contributed by atoms with E-state index < -0.39 is 5.91 Å². The minimum atomic E-state index is -0.420. The van der Waals surface area contributed by atoms with Gasteiger partial charge in [0.25, 0.3) is 5.91 Å². The van der Waals surface area contributed by atoms with Gasteiger partial charge in [0.15, 0.2) is 0 Å². The highest BCUT2D eigenvalue weighted by molar-refractivity contribution is 6.47. The Hall–Kier alpha value is -3.55. The lowest BCUT2D eigenvalue weighted by molar-refractivity contribution is -0.110. The zero-order chi connectivity index (χ0) is 30.2. The summed E-state index contributed by atoms with van der Waals surface area (Å²) < 4.78 is 0. The lowest BCUT2D eigenvalue weighted by Crippen LogP contribution is -2.27. The molecule has 0 saturated carbocycles. The van der Waals surface area contributed by atoms with Crippen LogP contribution in [-0.2, 0) is 22.8 Å². The van der Waals surface area contributed by atoms with Crippen molar-refractivity contribution in [3.63, 3.8) is 0 Å². The summed E-state index contributed by atoms with van der Waals surface area (Å²) in [6, 6.07) is 15.9. The van der Waals surface area contributed by atoms with Crippen molar-refractivity contribution >= 4 is 17.3 Å². The molecule has 8 nitrogen and oxygen atoms in total. The molecule has 0 bridgehead atoms. The minimum Gasteiger partial charge on any atom is -0.390 e. The summed E-state index contributed by atoms with van der Waals surface area (Å²) in [6.07, 6.45) is 12.6. The SMILES string of the molecule is CCCCCCCCCCCCn1nnc(/C(=N\OCc2ccccc2)C(=O)Nc2c(C(C)C)cccc2C(C)C)n1. The molecule has 0 radical (unpaired) electrons. The molecule has 3 rings (SSSR count). The molecule has 1 aromatic heterocycles. The molecule has 8 heteroatoms. The summed E-state index contributed by atoms with van der Waals surface area (Å²) in [6.45, 7) is 11.6. The maximum atomic E-state index is 13.7. The number of para-hydroxylation sites is 1. The first-order chi connectivity index (χ1) is 20.4. The lowest BCUT2D eigenvalue weighted by Gasteiger charge is -2.20. The van der Waals surface area contributed by atoms with Crippen molar-refractivity contribution in [1.29, 1.82) is 0 Å². The van der Waals surface area contributed by atoms with E-state index in [9.17, 15) is 4.79 Å². The second-order valence-electron chi connectivity index (χ2n) is 11.7. The van der Waals surface area contributed by atoms with Crippen LogP contribution in [0.25, 0.3) is 0 Å². The second-order valence-corrected chi connectivity index (χ2v) is 11.7. The third-order valence-corrected chi connectivity index (χ3v) is 7.43. The second kappa shape index (κ2) is 18.1. The number of anilines is 1. The number of aryl methyl sites for hydroxylation is 1. The number of oxime groups is 1. The van der Waals surface area contributed by atoms with E-state index in [0.717, 1.165) is 35.2 Å². The summed E-state index contributed by atoms with van der Waals surface area (Å²) in [5.74, 6) is 0.194. The van der Waals surface area contributed by atoms with Crippen LogP contribution in [0, 0.1) is 0 Å². The molecular formula is C34H50N6O2. The molecular weight excluding hydrogens is 524 g/mol. The first-order valence-corrected chi connectivity index (χ1v) is 15.9. The number of hydrogen-bond donors (Lipinski definition) is 1. The van der Waals surface area contributed by atoms with Gasteiger partial charge in [-0.2, -0.15) is 4.80 Å². The molecule has 3 aromatic rings. The molecule has 42 heavy (non-hydrogen) atoms. The van der Waals surface area contributed by atoms with E-state index in [1.165, 1.54) is 51.4 Å². The molecule has 1 N–H and O–H groups in total. The fourth-order valence-corrected chi connectivity index (χ4v) is 4.97. The molecule has 1 heterocycles. The molecule has 0 aliphatic carbocycles. The molecule has 0 aliphatic heterocycles. The fraction of sp³-hybridized carbons (Fsp3) is 0.559. The number of amides is 1. The number of aromatic nitrogens is 4. The van der Waals surface area contributed by atoms with E-state index in [0.29, 0.717) is 6.54 Å². The topological polar surface area (TPSA) is 94.3 Å². The predicted octanol–water partition coefficient (Wildman–Crippen LogP) is 8.40. The predicted molar refractivity (Wildman–Crippen MR) is 171 cm³/mol. The van der Waals surface area contributed by atoms with Crippen molar-refractivity contribution in [2.45, 2.75) is 124 Å². The zero-order valence-electron chi connectivity index (χ0n) is 26.3. The van der Waals surface area contributed by atoms with Crippen LogP contribution in [0.3, 0.4) is 0 Å². The van der Waals surface area contributed by atoms with Crippen molar-refractivity contribution in [3.05, 3.63) is 71.0 Å². The highest BCUT2D eigenvalue weighted by Crippen LogP contribution is 2.32. The van der Waals surface area contributed by atoms with Crippen LogP contribution in [0.2, 0.25) is 0 Å². The highest BCUT2D eigenvalue weighted by atomic mass is 16.6. The summed E-state index contributed by atoms with van der Waals surface area (Å²) in [5.41, 5.74) is 3.90. The van der Waals surface area contributed by atoms with Gasteiger partial charge in [-0.15, -0.1) is 10.2 Å². The highest BCUT2D eigenvalue weighted by Gasteiger charge is 2.24. The molecule has 1 amide bonds. The molecule has 0 saturated heterocycles. The van der Waals surface area contributed by atoms with Gasteiger partial charge in [0.1, 0.15) is 6.61 Å². The molecule has 0 spiro atoms. The van der Waals surface area contributed by atoms with E-state index >= 15 is 0 Å². The van der Waals surface area contributed by atoms with Gasteiger partial charge in [-0.05, 0) is 40.2 Å². The standard InChI is InChI=1S/C34H50N6O2/c1-6-7-8-9-10-11-12-13-14-18-24-40-37-33(36-39-40)32(38-42-25-28-20-16-15-17-21-28)34(41)35-31-29(26(2)3)22-19-23-30(31)27(4)5/h15-17,19-23,26-27H,6-14,18,24-25H2,1-5H3,(H,35,41)/b38-32+. The maximum absolute atomic E-state index is 13.7. The first kappa shape index (κ1) is 33.0. The number of carbonyl (C=O) groups excluding carboxylic acids is 1. The number of unbranched alkanes of at least 4 members (excludes halogenated alkanes) is 9. The molecule has 0 aliphatic rings. The number of rotatable bonds is 19. The monoisotopic (exact) mass is 574 g/mol. The van der Waals surface area contributed by atoms with Crippen molar-refractivity contribution < 1.29 is 9.63 Å². The summed E-state index contributed by atoms with van der Waals surface area (Å²) in [7, 11) is 0. The third-order valence-electron chi connectivity index (χ3n) is 7.43. The van der Waals surface area contributed by atoms with Gasteiger partial charge >= 0.3 is 0 Å². The van der Waals surface area contributed by atoms with E-state index in [4.69, 9.17) is 4.84 Å². The van der Waals surface area contributed by atoms with E-state index in [1.807, 2.05) is 36.4 Å². The van der Waals surface area contributed by atoms with Crippen LogP contribution in [-0.4, -0.2) is 31.8 Å². The number of nitrogens with one attached hydrogen (secondary N) is 1. The Morgan fingerprint density at radius 1 is 0.833 bits per heavy atom. The van der Waals surface area contributed by atoms with Gasteiger partial charge in [0, 0.05) is 5.69 Å². The van der Waals surface area contributed by atoms with Crippen molar-refractivity contribution in [2.24, 2.45) is 5.16 Å². The molecule has 228 valence electrons. The molecule has 2 aromatic carbocycles. The normalized spacial score (nSPS) is 11.8. The third kappa shape index (κ3) is 10.7. The quantitative estimate of drug-likeness (QED) is 0.0881. The average Bonchev–Trinajstić information content (AvgIpc) is 3.45. The van der Waals surface area contributed by atoms with Crippen molar-refractivity contribution in [1.82, 2.24) is 20.2 Å². The minimum absolute atomic E-state index is 0.00789. The van der Waals surface area contributed by atoms with Gasteiger partial charge < -0.3 is 10.2 Å². The molecule has 0 fully saturated rings. The van der Waals surface area contributed by atoms with Gasteiger partial charge in [-0.1, -0.05) is 146 Å². The number of hydrogen-bond acceptors (Lipinski definition) is 6. The van der Waals surface area contributed by atoms with Gasteiger partial charge in [-0.25, -0.2) is 0 Å². The lowest BCUT2D eigenvalue weighted by atomic mass is 9.92. The van der Waals surface area contributed by atoms with E-state index in [-0.39, 0.29) is 30.0 Å². The summed E-state index contributed by atoms with van der Waals surface area (Å²) in [5, 5.41) is 20.3. The maximum Gasteiger partial charge on any atom is 0.281 e. The van der Waals surface area contributed by atoms with Crippen LogP contribution in [0.4, 0.5) is 5.69 Å². The zero-order valence-corrected chi connectivity index (χ0v) is 26.3. The number of carbonyl (C=O) groups is 1. The van der Waals surface area contributed by atoms with Crippen LogP contribution in [0.15, 0.2) is 53.7 Å². The Morgan fingerprint density at radius 2 is 1.43 bits per heavy atom. The van der Waals surface area contributed by atoms with Crippen LogP contribution in [0.1, 0.15) is 133 Å². The fourth-order valence-electron chi connectivity index (χ4n) is 4.97. The van der Waals surface area contributed by atoms with Gasteiger partial charge in [-0.3, -0.25) is 4.79 Å². The Bertz CT molecular complexity index is 1210. The number of nitrogens with zero attached hydrogens (tertiary/aromatic N) is 5. The Labute approximate surface area is 252 Å². The average molecular weight is 575 g/mol. The van der Waals surface area contributed by atoms with Crippen molar-refractivity contribution in [3.8, 4) is 0 Å². The van der Waals surface area contributed by atoms with E-state index in [1.54, 1.807) is 4.80 Å². The Balaban J connectivity index is 1.67. The molecule has 0 unspecified atom stereocenters. The summed E-state index contributed by atoms with van der Waals surface area (Å²) >= 11 is 0. The van der Waals surface area contributed by atoms with Crippen LogP contribution in [0.5, 0.6) is 0 Å². The Morgan fingerprint density at radius 3 is 2.02 bits per heavy atom.